The number of carboxylic acid groups (broad SMARTS) is 3. The zero-order valence-electron chi connectivity index (χ0n) is 54.4. The van der Waals surface area contributed by atoms with Crippen molar-refractivity contribution in [3.63, 3.8) is 0 Å². The van der Waals surface area contributed by atoms with E-state index in [4.69, 9.17) is 9.47 Å². The highest BCUT2D eigenvalue weighted by Crippen LogP contribution is 2.32. The maximum absolute atomic E-state index is 14.5. The number of alkyl halides is 2. The van der Waals surface area contributed by atoms with Crippen LogP contribution in [0, 0.1) is 24.2 Å². The van der Waals surface area contributed by atoms with Crippen molar-refractivity contribution in [2.24, 2.45) is 10.9 Å². The fourth-order valence-electron chi connectivity index (χ4n) is 11.8. The molecule has 2 aromatic carbocycles. The van der Waals surface area contributed by atoms with Gasteiger partial charge in [0.05, 0.1) is 76.6 Å². The van der Waals surface area contributed by atoms with Gasteiger partial charge in [-0.1, -0.05) is 29.8 Å². The summed E-state index contributed by atoms with van der Waals surface area (Å²) in [4.78, 5) is 148. The number of amides is 5. The number of hydrogen-bond donors (Lipinski definition) is 6. The first-order valence-corrected chi connectivity index (χ1v) is 32.3. The Bertz CT molecular complexity index is 3180. The van der Waals surface area contributed by atoms with Crippen LogP contribution >= 0.6 is 0 Å². The number of carbonyl (C=O) groups is 10. The van der Waals surface area contributed by atoms with Crippen LogP contribution in [0.1, 0.15) is 105 Å². The fraction of sp³-hybridized carbons (Fsp3) is 0.591. The number of piperidine rings is 1. The number of Topliss-reactive ketones (excluding diaryl/α,β-unsaturated/α-hetero) is 1. The molecule has 0 unspecified atom stereocenters. The van der Waals surface area contributed by atoms with Crippen LogP contribution in [0.3, 0.4) is 0 Å². The van der Waals surface area contributed by atoms with E-state index in [0.29, 0.717) is 93.6 Å². The highest BCUT2D eigenvalue weighted by Gasteiger charge is 2.47. The number of nitrogens with one attached hydrogen (secondary N) is 3. The van der Waals surface area contributed by atoms with E-state index in [2.05, 4.69) is 38.1 Å². The molecule has 95 heavy (non-hydrogen) atoms. The van der Waals surface area contributed by atoms with E-state index in [-0.39, 0.29) is 109 Å². The molecule has 3 aliphatic heterocycles. The minimum Gasteiger partial charge on any atom is -0.494 e. The number of aryl methyl sites for hydroxylation is 2. The number of unbranched alkanes of at least 4 members (excludes halogenated alkanes) is 1. The van der Waals surface area contributed by atoms with Crippen molar-refractivity contribution < 1.29 is 81.5 Å². The number of nitriles is 1. The molecule has 1 aromatic heterocycles. The Hall–Kier alpha value is -8.59. The van der Waals surface area contributed by atoms with E-state index < -0.39 is 103 Å². The first kappa shape index (κ1) is 75.4. The first-order valence-electron chi connectivity index (χ1n) is 32.3. The van der Waals surface area contributed by atoms with Gasteiger partial charge in [-0.25, -0.2) is 8.78 Å². The Morgan fingerprint density at radius 3 is 1.97 bits per heavy atom. The van der Waals surface area contributed by atoms with Gasteiger partial charge in [-0.15, -0.1) is 0 Å². The van der Waals surface area contributed by atoms with Crippen LogP contribution < -0.4 is 20.7 Å². The minimum atomic E-state index is -3.21. The zero-order chi connectivity index (χ0) is 69.0. The number of esters is 1. The van der Waals surface area contributed by atoms with Crippen LogP contribution in [0.4, 0.5) is 8.78 Å². The monoisotopic (exact) mass is 1330 g/mol. The molecule has 0 bridgehead atoms. The number of fused-ring (bicyclic) bond motifs is 1. The predicted molar refractivity (Wildman–Crippen MR) is 344 cm³/mol. The van der Waals surface area contributed by atoms with Crippen molar-refractivity contribution in [3.8, 4) is 11.8 Å². The van der Waals surface area contributed by atoms with Gasteiger partial charge < -0.3 is 50.5 Å². The molecule has 3 aromatic rings. The van der Waals surface area contributed by atoms with Gasteiger partial charge in [0.2, 0.25) is 23.6 Å². The number of halogens is 2. The molecule has 0 radical (unpaired) electrons. The average molecular weight is 1330 g/mol. The second kappa shape index (κ2) is 38.1. The molecular formula is C66H90F2N12O15. The molecule has 3 atom stereocenters. The molecule has 29 heteroatoms. The smallest absolute Gasteiger partial charge is 0.317 e. The summed E-state index contributed by atoms with van der Waals surface area (Å²) in [6, 6.07) is 12.4. The third-order valence-electron chi connectivity index (χ3n) is 17.1. The first-order chi connectivity index (χ1) is 45.4. The Morgan fingerprint density at radius 1 is 0.768 bits per heavy atom. The number of aliphatic carboxylic acids is 3. The van der Waals surface area contributed by atoms with Crippen molar-refractivity contribution in [2.45, 2.75) is 121 Å². The maximum Gasteiger partial charge on any atom is 0.317 e. The molecule has 4 heterocycles. The SMILES string of the molecule is COC(=O)C[C@H](NC(=O)[C@H](CCCC/N=C(\C)CC(=O)CCCc1ccc(C)cc1)NC(=O)CN1CCN(CC(=O)O)CCN(CC(=O)O)CCN(CC(=O)O)CC1)C(=O)N1CCC(CCCOc2ccc3nccc(C(=O)NCC(=O)N4CC(F)(F)C[C@@H]4C#N)c3c2)CC1. The summed E-state index contributed by atoms with van der Waals surface area (Å²) < 4.78 is 39.0. The molecule has 3 fully saturated rings. The van der Waals surface area contributed by atoms with E-state index in [9.17, 15) is 77.3 Å². The van der Waals surface area contributed by atoms with Crippen molar-refractivity contribution in [3.05, 3.63) is 71.4 Å². The molecule has 0 spiro atoms. The number of ketones is 1. The summed E-state index contributed by atoms with van der Waals surface area (Å²) >= 11 is 0. The number of hydrogen-bond acceptors (Lipinski definition) is 19. The summed E-state index contributed by atoms with van der Waals surface area (Å²) in [7, 11) is 1.16. The highest BCUT2D eigenvalue weighted by molar-refractivity contribution is 6.07. The van der Waals surface area contributed by atoms with Crippen molar-refractivity contribution in [2.75, 3.05) is 125 Å². The van der Waals surface area contributed by atoms with Gasteiger partial charge >= 0.3 is 23.9 Å². The van der Waals surface area contributed by atoms with Crippen molar-refractivity contribution in [1.82, 2.24) is 50.3 Å². The standard InChI is InChI=1S/C66H90F2N12O15/c1-45-12-14-47(15-13-45)8-6-10-50(81)34-46(2)70-21-5-4-11-55(73-57(82)40-75-25-27-76(41-59(84)85)29-31-78(43-61(88)89)32-30-77(28-26-75)42-60(86)87)64(92)74-56(36-62(90)94-3)65(93)79-23-19-48(20-24-79)9-7-33-95-51-16-17-54-53(35-51)52(18-22-71-54)63(91)72-39-58(83)80-44-66(67,68)37-49(80)38-69/h12-18,22,35,48-49,55-56H,4-11,19-21,23-34,36-37,39-44H2,1-3H3,(H,72,91)(H,73,82)(H,74,92)(H,84,85)(H,86,87)(H,88,89)/b70-46+/t49-,55+,56+/m1/s1. The lowest BCUT2D eigenvalue weighted by Gasteiger charge is -2.34. The fourth-order valence-corrected chi connectivity index (χ4v) is 11.8. The third-order valence-corrected chi connectivity index (χ3v) is 17.1. The Balaban J connectivity index is 1.06. The lowest BCUT2D eigenvalue weighted by molar-refractivity contribution is -0.147. The lowest BCUT2D eigenvalue weighted by Crippen LogP contribution is -2.56. The third kappa shape index (κ3) is 26.3. The van der Waals surface area contributed by atoms with Crippen LogP contribution in [-0.4, -0.2) is 264 Å². The number of carbonyl (C=O) groups excluding carboxylic acids is 7. The van der Waals surface area contributed by atoms with Crippen LogP contribution in [0.5, 0.6) is 5.75 Å². The van der Waals surface area contributed by atoms with E-state index >= 15 is 0 Å². The molecule has 0 aliphatic carbocycles. The molecule has 27 nitrogen and oxygen atoms in total. The Morgan fingerprint density at radius 2 is 1.38 bits per heavy atom. The Labute approximate surface area is 551 Å². The van der Waals surface area contributed by atoms with Gasteiger partial charge in [0, 0.05) is 109 Å². The minimum absolute atomic E-state index is 0.0671. The number of ether oxygens (including phenoxy) is 2. The van der Waals surface area contributed by atoms with E-state index in [1.165, 1.54) is 12.3 Å². The van der Waals surface area contributed by atoms with Crippen LogP contribution in [0.25, 0.3) is 10.9 Å². The molecule has 3 aliphatic rings. The van der Waals surface area contributed by atoms with Crippen LogP contribution in [0.15, 0.2) is 59.7 Å². The number of benzene rings is 2. The lowest BCUT2D eigenvalue weighted by atomic mass is 9.92. The van der Waals surface area contributed by atoms with Gasteiger partial charge in [0.15, 0.2) is 0 Å². The number of methoxy groups -OCH3 is 1. The predicted octanol–water partition coefficient (Wildman–Crippen LogP) is 3.05. The number of likely N-dealkylation sites (tertiary alicyclic amines) is 2. The summed E-state index contributed by atoms with van der Waals surface area (Å²) in [6.45, 7) is 3.35. The summed E-state index contributed by atoms with van der Waals surface area (Å²) in [5.41, 5.74) is 3.61. The quantitative estimate of drug-likeness (QED) is 0.0290. The highest BCUT2D eigenvalue weighted by atomic mass is 19.3. The topological polar surface area (TPSA) is 354 Å². The molecule has 6 rings (SSSR count). The molecule has 0 saturated carbocycles. The molecule has 5 amide bonds. The molecule has 518 valence electrons. The normalized spacial score (nSPS) is 17.9. The average Bonchev–Trinajstić information content (AvgIpc) is 1.63. The zero-order valence-corrected chi connectivity index (χ0v) is 54.4. The van der Waals surface area contributed by atoms with Crippen LogP contribution in [0.2, 0.25) is 0 Å². The summed E-state index contributed by atoms with van der Waals surface area (Å²) in [5.74, 6) is -9.97. The number of carboxylic acids is 3. The van der Waals surface area contributed by atoms with Crippen LogP contribution in [-0.2, 0) is 54.3 Å². The molecular weight excluding hydrogens is 1240 g/mol. The van der Waals surface area contributed by atoms with Gasteiger partial charge in [0.1, 0.15) is 29.7 Å². The number of pyridine rings is 1. The van der Waals surface area contributed by atoms with E-state index in [1.54, 1.807) is 55.7 Å². The van der Waals surface area contributed by atoms with E-state index in [0.717, 1.165) is 36.0 Å². The second-order valence-electron chi connectivity index (χ2n) is 24.6. The molecule has 6 N–H and O–H groups in total. The van der Waals surface area contributed by atoms with Gasteiger partial charge in [-0.05, 0) is 107 Å². The summed E-state index contributed by atoms with van der Waals surface area (Å²) in [5, 5.41) is 46.8. The molecule has 3 saturated heterocycles. The largest absolute Gasteiger partial charge is 0.494 e. The Kier molecular flexibility index (Phi) is 30.2. The van der Waals surface area contributed by atoms with E-state index in [1.807, 2.05) is 19.1 Å². The second-order valence-corrected chi connectivity index (χ2v) is 24.6. The van der Waals surface area contributed by atoms with Crippen molar-refractivity contribution in [1.29, 1.82) is 5.26 Å². The number of nitrogens with zero attached hydrogens (tertiary/aromatic N) is 9. The van der Waals surface area contributed by atoms with Gasteiger partial charge in [-0.3, -0.25) is 77.5 Å². The van der Waals surface area contributed by atoms with Gasteiger partial charge in [-0.2, -0.15) is 5.26 Å². The number of rotatable bonds is 33. The number of aliphatic imine (C=N–C) groups is 1. The van der Waals surface area contributed by atoms with Crippen molar-refractivity contribution >= 4 is 75.8 Å². The maximum atomic E-state index is 14.5. The summed E-state index contributed by atoms with van der Waals surface area (Å²) in [6.07, 6.45) is 5.62. The number of aromatic nitrogens is 1. The van der Waals surface area contributed by atoms with Gasteiger partial charge in [0.25, 0.3) is 11.8 Å².